The summed E-state index contributed by atoms with van der Waals surface area (Å²) in [6.07, 6.45) is 2.05. The Morgan fingerprint density at radius 2 is 2.47 bits per heavy atom. The first-order chi connectivity index (χ1) is 9.13. The summed E-state index contributed by atoms with van der Waals surface area (Å²) in [6.45, 7) is 1.86. The van der Waals surface area contributed by atoms with Crippen LogP contribution >= 0.6 is 0 Å². The molecule has 2 rings (SSSR count). The van der Waals surface area contributed by atoms with E-state index in [2.05, 4.69) is 10.00 Å². The van der Waals surface area contributed by atoms with Gasteiger partial charge in [-0.2, -0.15) is 5.10 Å². The second kappa shape index (κ2) is 6.14. The Morgan fingerprint density at radius 3 is 3.05 bits per heavy atom. The summed E-state index contributed by atoms with van der Waals surface area (Å²) in [5, 5.41) is 13.5. The maximum Gasteiger partial charge on any atom is 0.268 e. The third-order valence-corrected chi connectivity index (χ3v) is 3.35. The number of aromatic nitrogens is 2. The molecule has 0 aliphatic carbocycles. The molecule has 3 N–H and O–H groups in total. The van der Waals surface area contributed by atoms with Crippen molar-refractivity contribution in [1.82, 2.24) is 9.78 Å². The molecule has 0 bridgehead atoms. The minimum absolute atomic E-state index is 0.109. The van der Waals surface area contributed by atoms with E-state index >= 15 is 0 Å². The van der Waals surface area contributed by atoms with E-state index in [1.54, 1.807) is 13.3 Å². The van der Waals surface area contributed by atoms with Crippen LogP contribution in [-0.4, -0.2) is 53.8 Å². The number of hydrogen-bond acceptors (Lipinski definition) is 6. The smallest absolute Gasteiger partial charge is 0.268 e. The molecule has 0 aromatic carbocycles. The molecule has 0 amide bonds. The van der Waals surface area contributed by atoms with Crippen LogP contribution in [0.1, 0.15) is 6.42 Å². The Bertz CT molecular complexity index is 476. The zero-order chi connectivity index (χ0) is 13.8. The zero-order valence-electron chi connectivity index (χ0n) is 11.0. The molecule has 1 aliphatic rings. The van der Waals surface area contributed by atoms with Gasteiger partial charge in [0.15, 0.2) is 0 Å². The Morgan fingerprint density at radius 1 is 1.68 bits per heavy atom. The number of methoxy groups -OCH3 is 1. The summed E-state index contributed by atoms with van der Waals surface area (Å²) < 4.78 is 6.52. The lowest BCUT2D eigenvalue weighted by atomic mass is 10.3. The maximum absolute atomic E-state index is 11.9. The second-order valence-electron chi connectivity index (χ2n) is 4.72. The van der Waals surface area contributed by atoms with Crippen molar-refractivity contribution >= 4 is 5.69 Å². The van der Waals surface area contributed by atoms with E-state index in [4.69, 9.17) is 10.5 Å². The lowest BCUT2D eigenvalue weighted by Crippen LogP contribution is -2.33. The summed E-state index contributed by atoms with van der Waals surface area (Å²) in [5.41, 5.74) is 5.88. The summed E-state index contributed by atoms with van der Waals surface area (Å²) in [7, 11) is 1.69. The molecular formula is C12H20N4O3. The minimum Gasteiger partial charge on any atom is -0.390 e. The molecule has 7 heteroatoms. The van der Waals surface area contributed by atoms with Gasteiger partial charge in [0.05, 0.1) is 30.6 Å². The van der Waals surface area contributed by atoms with Gasteiger partial charge < -0.3 is 20.5 Å². The normalized spacial score (nSPS) is 20.8. The van der Waals surface area contributed by atoms with Gasteiger partial charge >= 0.3 is 0 Å². The Kier molecular flexibility index (Phi) is 4.52. The molecule has 1 aromatic heterocycles. The van der Waals surface area contributed by atoms with Crippen molar-refractivity contribution in [2.24, 2.45) is 5.73 Å². The number of ether oxygens (including phenoxy) is 1. The molecule has 19 heavy (non-hydrogen) atoms. The molecule has 106 valence electrons. The van der Waals surface area contributed by atoms with Crippen LogP contribution in [0.5, 0.6) is 0 Å². The van der Waals surface area contributed by atoms with Gasteiger partial charge in [-0.1, -0.05) is 0 Å². The van der Waals surface area contributed by atoms with E-state index in [9.17, 15) is 9.90 Å². The van der Waals surface area contributed by atoms with Crippen LogP contribution in [0.3, 0.4) is 0 Å². The van der Waals surface area contributed by atoms with Gasteiger partial charge in [0.1, 0.15) is 0 Å². The van der Waals surface area contributed by atoms with Gasteiger partial charge in [-0.25, -0.2) is 4.68 Å². The lowest BCUT2D eigenvalue weighted by Gasteiger charge is -2.18. The first-order valence-electron chi connectivity index (χ1n) is 6.37. The van der Waals surface area contributed by atoms with E-state index in [0.29, 0.717) is 0 Å². The fourth-order valence-electron chi connectivity index (χ4n) is 2.16. The average molecular weight is 268 g/mol. The molecule has 1 aliphatic heterocycles. The fourth-order valence-corrected chi connectivity index (χ4v) is 2.16. The largest absolute Gasteiger partial charge is 0.390 e. The molecule has 0 saturated carbocycles. The number of nitrogens with two attached hydrogens (primary N) is 1. The predicted molar refractivity (Wildman–Crippen MR) is 71.2 cm³/mol. The van der Waals surface area contributed by atoms with Gasteiger partial charge in [-0.3, -0.25) is 4.79 Å². The van der Waals surface area contributed by atoms with Gasteiger partial charge in [-0.05, 0) is 6.42 Å². The van der Waals surface area contributed by atoms with E-state index in [0.717, 1.165) is 25.2 Å². The standard InChI is InChI=1S/C12H20N4O3/c1-19-11-2-3-15(8-11)9-4-12(18)16(14-6-9)7-10(17)5-13/h4,6,10-11,17H,2-3,5,7-8,13H2,1H3. The Labute approximate surface area is 111 Å². The number of hydrogen-bond donors (Lipinski definition) is 2. The van der Waals surface area contributed by atoms with E-state index in [-0.39, 0.29) is 24.8 Å². The van der Waals surface area contributed by atoms with Crippen LogP contribution < -0.4 is 16.2 Å². The fraction of sp³-hybridized carbons (Fsp3) is 0.667. The molecule has 1 fully saturated rings. The highest BCUT2D eigenvalue weighted by Gasteiger charge is 2.22. The summed E-state index contributed by atoms with van der Waals surface area (Å²) in [4.78, 5) is 14.0. The third kappa shape index (κ3) is 3.31. The van der Waals surface area contributed by atoms with Crippen molar-refractivity contribution in [1.29, 1.82) is 0 Å². The van der Waals surface area contributed by atoms with Crippen molar-refractivity contribution < 1.29 is 9.84 Å². The quantitative estimate of drug-likeness (QED) is 0.696. The minimum atomic E-state index is -0.749. The number of rotatable bonds is 5. The molecular weight excluding hydrogens is 248 g/mol. The predicted octanol–water partition coefficient (Wildman–Crippen LogP) is -1.21. The number of anilines is 1. The highest BCUT2D eigenvalue weighted by atomic mass is 16.5. The first kappa shape index (κ1) is 14.0. The van der Waals surface area contributed by atoms with Gasteiger partial charge in [-0.15, -0.1) is 0 Å². The summed E-state index contributed by atoms with van der Waals surface area (Å²) >= 11 is 0. The monoisotopic (exact) mass is 268 g/mol. The van der Waals surface area contributed by atoms with Crippen molar-refractivity contribution in [3.8, 4) is 0 Å². The number of aliphatic hydroxyl groups excluding tert-OH is 1. The molecule has 7 nitrogen and oxygen atoms in total. The van der Waals surface area contributed by atoms with Crippen molar-refractivity contribution in [2.45, 2.75) is 25.2 Å². The molecule has 1 saturated heterocycles. The lowest BCUT2D eigenvalue weighted by molar-refractivity contribution is 0.121. The van der Waals surface area contributed by atoms with Crippen LogP contribution in [0.4, 0.5) is 5.69 Å². The van der Waals surface area contributed by atoms with Crippen molar-refractivity contribution in [3.63, 3.8) is 0 Å². The Hall–Kier alpha value is -1.44. The van der Waals surface area contributed by atoms with Gasteiger partial charge in [0.25, 0.3) is 5.56 Å². The Balaban J connectivity index is 2.09. The second-order valence-corrected chi connectivity index (χ2v) is 4.72. The van der Waals surface area contributed by atoms with Crippen LogP contribution in [0.15, 0.2) is 17.1 Å². The molecule has 2 atom stereocenters. The first-order valence-corrected chi connectivity index (χ1v) is 6.37. The highest BCUT2D eigenvalue weighted by molar-refractivity contribution is 5.44. The number of nitrogens with zero attached hydrogens (tertiary/aromatic N) is 3. The van der Waals surface area contributed by atoms with Crippen LogP contribution in [0, 0.1) is 0 Å². The maximum atomic E-state index is 11.9. The molecule has 2 unspecified atom stereocenters. The van der Waals surface area contributed by atoms with Crippen molar-refractivity contribution in [2.75, 3.05) is 31.6 Å². The molecule has 0 spiro atoms. The topological polar surface area (TPSA) is 93.6 Å². The molecule has 2 heterocycles. The van der Waals surface area contributed by atoms with Crippen molar-refractivity contribution in [3.05, 3.63) is 22.6 Å². The van der Waals surface area contributed by atoms with E-state index in [1.165, 1.54) is 10.7 Å². The highest BCUT2D eigenvalue weighted by Crippen LogP contribution is 2.19. The van der Waals surface area contributed by atoms with Crippen LogP contribution in [-0.2, 0) is 11.3 Å². The number of aliphatic hydroxyl groups is 1. The summed E-state index contributed by atoms with van der Waals surface area (Å²) in [6, 6.07) is 1.54. The average Bonchev–Trinajstić information content (AvgIpc) is 2.89. The van der Waals surface area contributed by atoms with E-state index in [1.807, 2.05) is 0 Å². The zero-order valence-corrected chi connectivity index (χ0v) is 11.0. The third-order valence-electron chi connectivity index (χ3n) is 3.35. The van der Waals surface area contributed by atoms with Gasteiger partial charge in [0, 0.05) is 32.8 Å². The van der Waals surface area contributed by atoms with Gasteiger partial charge in [0.2, 0.25) is 0 Å². The van der Waals surface area contributed by atoms with Crippen LogP contribution in [0.2, 0.25) is 0 Å². The SMILES string of the molecule is COC1CCN(c2cnn(CC(O)CN)c(=O)c2)C1. The molecule has 1 aromatic rings. The summed E-state index contributed by atoms with van der Waals surface area (Å²) in [5.74, 6) is 0. The molecule has 0 radical (unpaired) electrons. The van der Waals surface area contributed by atoms with Crippen LogP contribution in [0.25, 0.3) is 0 Å². The van der Waals surface area contributed by atoms with E-state index < -0.39 is 6.10 Å².